The zero-order valence-corrected chi connectivity index (χ0v) is 7.46. The number of rotatable bonds is 3. The van der Waals surface area contributed by atoms with Crippen molar-refractivity contribution in [2.45, 2.75) is 13.7 Å². The van der Waals surface area contributed by atoms with Gasteiger partial charge < -0.3 is 4.90 Å². The third-order valence-corrected chi connectivity index (χ3v) is 1.43. The number of anilines is 1. The van der Waals surface area contributed by atoms with Crippen LogP contribution in [0.5, 0.6) is 0 Å². The van der Waals surface area contributed by atoms with Gasteiger partial charge in [0.05, 0.1) is 12.4 Å². The fourth-order valence-electron chi connectivity index (χ4n) is 0.583. The minimum atomic E-state index is -3.33. The summed E-state index contributed by atoms with van der Waals surface area (Å²) in [5, 5.41) is 0. The Labute approximate surface area is 95.0 Å². The van der Waals surface area contributed by atoms with E-state index in [1.54, 1.807) is 0 Å². The van der Waals surface area contributed by atoms with Crippen molar-refractivity contribution in [2.75, 3.05) is 17.9 Å². The van der Waals surface area contributed by atoms with Gasteiger partial charge in [0.15, 0.2) is 0 Å². The molecule has 66 valence electrons. The molecule has 1 aromatic heterocycles. The van der Waals surface area contributed by atoms with E-state index < -0.39 is 32.5 Å². The van der Waals surface area contributed by atoms with Crippen LogP contribution in [0.25, 0.3) is 0 Å². The van der Waals surface area contributed by atoms with Gasteiger partial charge in [-0.2, -0.15) is 0 Å². The second kappa shape index (κ2) is 4.40. The van der Waals surface area contributed by atoms with Crippen LogP contribution in [-0.4, -0.2) is 23.0 Å². The fraction of sp³-hybridized carbons (Fsp3) is 0.500. The molecule has 0 atom stereocenters. The normalized spacial score (nSPS) is 26.8. The summed E-state index contributed by atoms with van der Waals surface area (Å²) in [5.41, 5.74) is 0. The predicted molar refractivity (Wildman–Crippen MR) is 53.3 cm³/mol. The highest BCUT2D eigenvalue weighted by molar-refractivity contribution is 9.10. The van der Waals surface area contributed by atoms with Gasteiger partial charge in [0, 0.05) is 26.7 Å². The monoisotopic (exact) mass is 239 g/mol. The van der Waals surface area contributed by atoms with Crippen LogP contribution < -0.4 is 4.90 Å². The van der Waals surface area contributed by atoms with Crippen LogP contribution in [0.3, 0.4) is 0 Å². The molecule has 1 aromatic rings. The third-order valence-electron chi connectivity index (χ3n) is 1.05. The minimum absolute atomic E-state index is 0.0161. The maximum atomic E-state index is 7.74. The van der Waals surface area contributed by atoms with E-state index in [4.69, 9.17) is 13.7 Å². The van der Waals surface area contributed by atoms with E-state index in [-0.39, 0.29) is 9.50 Å². The molecule has 4 heteroatoms. The molecule has 0 aliphatic heterocycles. The molecule has 0 amide bonds. The van der Waals surface area contributed by atoms with Crippen LogP contribution in [0.2, 0.25) is 0 Å². The first kappa shape index (κ1) is 2.67. The minimum Gasteiger partial charge on any atom is -0.356 e. The zero-order valence-electron chi connectivity index (χ0n) is 15.9. The third kappa shape index (κ3) is 2.17. The fourth-order valence-corrected chi connectivity index (χ4v) is 0.883. The summed E-state index contributed by atoms with van der Waals surface area (Å²) < 4.78 is 74.6. The van der Waals surface area contributed by atoms with Crippen LogP contribution in [0, 0.1) is 0 Å². The second-order valence-corrected chi connectivity index (χ2v) is 2.57. The van der Waals surface area contributed by atoms with E-state index in [1.165, 1.54) is 6.20 Å². The Morgan fingerprint density at radius 3 is 2.92 bits per heavy atom. The van der Waals surface area contributed by atoms with E-state index in [0.29, 0.717) is 0 Å². The quantitative estimate of drug-likeness (QED) is 0.810. The van der Waals surface area contributed by atoms with Gasteiger partial charge in [0.1, 0.15) is 10.4 Å². The van der Waals surface area contributed by atoms with Crippen LogP contribution in [0.1, 0.15) is 27.4 Å². The molecular formula is C8H12BrN3. The molecule has 0 saturated heterocycles. The summed E-state index contributed by atoms with van der Waals surface area (Å²) in [6.07, 6.45) is 2.09. The van der Waals surface area contributed by atoms with Gasteiger partial charge in [0.25, 0.3) is 0 Å². The largest absolute Gasteiger partial charge is 0.356 e. The Kier molecular flexibility index (Phi) is 0.980. The zero-order chi connectivity index (χ0) is 17.6. The number of nitrogens with zero attached hydrogens (tertiary/aromatic N) is 3. The highest BCUT2D eigenvalue weighted by Gasteiger charge is 2.02. The van der Waals surface area contributed by atoms with Crippen LogP contribution in [-0.2, 0) is 0 Å². The Balaban J connectivity index is 3.61. The molecule has 0 bridgehead atoms. The summed E-state index contributed by atoms with van der Waals surface area (Å²) in [6, 6.07) is 0. The standard InChI is InChI=1S/C8H12BrN3/c1-3-12(4-2)8-6-10-5-7(9)11-8/h5-6H,3-4H2,1-2H3/i1D3,2D3,3D2,4D2. The number of aromatic nitrogens is 2. The molecule has 1 rings (SSSR count). The molecule has 0 fully saturated rings. The van der Waals surface area contributed by atoms with E-state index in [2.05, 4.69) is 25.9 Å². The Morgan fingerprint density at radius 1 is 1.58 bits per heavy atom. The SMILES string of the molecule is [2H]C([2H])([2H])C([2H])([2H])N(c1cncc(Br)n1)C([2H])([2H])C([2H])([2H])[2H]. The molecule has 0 N–H and O–H groups in total. The maximum Gasteiger partial charge on any atom is 0.148 e. The van der Waals surface area contributed by atoms with Crippen molar-refractivity contribution < 1.29 is 13.7 Å². The van der Waals surface area contributed by atoms with E-state index >= 15 is 0 Å². The maximum absolute atomic E-state index is 7.74. The van der Waals surface area contributed by atoms with E-state index in [9.17, 15) is 0 Å². The van der Waals surface area contributed by atoms with Gasteiger partial charge in [-0.1, -0.05) is 0 Å². The number of hydrogen-bond acceptors (Lipinski definition) is 3. The molecule has 12 heavy (non-hydrogen) atoms. The summed E-state index contributed by atoms with van der Waals surface area (Å²) >= 11 is 2.94. The summed E-state index contributed by atoms with van der Waals surface area (Å²) in [5.74, 6) is -0.559. The summed E-state index contributed by atoms with van der Waals surface area (Å²) in [6.45, 7) is -13.3. The molecule has 0 radical (unpaired) electrons. The topological polar surface area (TPSA) is 29.0 Å². The van der Waals surface area contributed by atoms with Gasteiger partial charge in [-0.05, 0) is 29.6 Å². The lowest BCUT2D eigenvalue weighted by molar-refractivity contribution is 0.837. The molecule has 0 aliphatic rings. The average Bonchev–Trinajstić information content (AvgIpc) is 2.24. The van der Waals surface area contributed by atoms with Gasteiger partial charge in [-0.3, -0.25) is 4.98 Å². The molecular weight excluding hydrogens is 218 g/mol. The van der Waals surface area contributed by atoms with Gasteiger partial charge in [0.2, 0.25) is 0 Å². The van der Waals surface area contributed by atoms with Gasteiger partial charge in [-0.25, -0.2) is 4.98 Å². The van der Waals surface area contributed by atoms with Crippen LogP contribution in [0.15, 0.2) is 17.0 Å². The highest BCUT2D eigenvalue weighted by Crippen LogP contribution is 2.11. The van der Waals surface area contributed by atoms with E-state index in [1.807, 2.05) is 0 Å². The highest BCUT2D eigenvalue weighted by atomic mass is 79.9. The molecule has 3 nitrogen and oxygen atoms in total. The Morgan fingerprint density at radius 2 is 2.33 bits per heavy atom. The first-order valence-electron chi connectivity index (χ1n) is 7.90. The van der Waals surface area contributed by atoms with Gasteiger partial charge in [-0.15, -0.1) is 0 Å². The van der Waals surface area contributed by atoms with Crippen molar-refractivity contribution in [3.63, 3.8) is 0 Å². The van der Waals surface area contributed by atoms with Crippen molar-refractivity contribution in [1.82, 2.24) is 9.97 Å². The molecule has 0 spiro atoms. The van der Waals surface area contributed by atoms with E-state index in [0.717, 1.165) is 6.20 Å². The smallest absolute Gasteiger partial charge is 0.148 e. The summed E-state index contributed by atoms with van der Waals surface area (Å²) in [4.78, 5) is 7.36. The lowest BCUT2D eigenvalue weighted by Crippen LogP contribution is -2.23. The predicted octanol–water partition coefficient (Wildman–Crippen LogP) is 2.09. The van der Waals surface area contributed by atoms with Crippen LogP contribution >= 0.6 is 15.9 Å². The second-order valence-electron chi connectivity index (χ2n) is 1.76. The number of halogens is 1. The molecule has 0 saturated carbocycles. The Bertz CT molecular complexity index is 514. The first-order chi connectivity index (χ1) is 9.62. The molecule has 0 aromatic carbocycles. The van der Waals surface area contributed by atoms with Crippen molar-refractivity contribution in [3.05, 3.63) is 17.0 Å². The summed E-state index contributed by atoms with van der Waals surface area (Å²) in [7, 11) is 0. The first-order valence-corrected chi connectivity index (χ1v) is 3.69. The van der Waals surface area contributed by atoms with Crippen LogP contribution in [0.4, 0.5) is 5.82 Å². The Hall–Kier alpha value is -0.640. The molecule has 0 aliphatic carbocycles. The van der Waals surface area contributed by atoms with Crippen molar-refractivity contribution in [1.29, 1.82) is 0 Å². The van der Waals surface area contributed by atoms with Crippen molar-refractivity contribution >= 4 is 21.7 Å². The van der Waals surface area contributed by atoms with Gasteiger partial charge >= 0.3 is 0 Å². The number of hydrogen-bond donors (Lipinski definition) is 0. The molecule has 1 heterocycles. The lowest BCUT2D eigenvalue weighted by Gasteiger charge is -2.18. The lowest BCUT2D eigenvalue weighted by atomic mass is 10.5. The van der Waals surface area contributed by atoms with Crippen molar-refractivity contribution in [2.24, 2.45) is 0 Å². The van der Waals surface area contributed by atoms with Crippen molar-refractivity contribution in [3.8, 4) is 0 Å². The molecule has 0 unspecified atom stereocenters. The average molecular weight is 240 g/mol.